The standard InChI is InChI=1S/C4H8Cl2OS.C4H8Cl2S.C4H7ClS.H2/c5-1-3-8(7)4-2-6;5-1-3-7-4-2-6;1-2-6-4-3-5;/h1-4H2;1-4H2;2H,1,3-4H2;1H. The Bertz CT molecular complexity index is 205. The van der Waals surface area contributed by atoms with Crippen LogP contribution in [0.4, 0.5) is 0 Å². The van der Waals surface area contributed by atoms with E-state index in [-0.39, 0.29) is 1.43 Å². The van der Waals surface area contributed by atoms with Gasteiger partial charge in [-0.3, -0.25) is 4.21 Å². The summed E-state index contributed by atoms with van der Waals surface area (Å²) in [7, 11) is -0.784. The van der Waals surface area contributed by atoms with E-state index in [9.17, 15) is 4.21 Å². The van der Waals surface area contributed by atoms with Gasteiger partial charge in [-0.1, -0.05) is 6.58 Å². The summed E-state index contributed by atoms with van der Waals surface area (Å²) < 4.78 is 10.6. The highest BCUT2D eigenvalue weighted by atomic mass is 35.5. The van der Waals surface area contributed by atoms with Crippen molar-refractivity contribution in [2.75, 3.05) is 58.2 Å². The molecular formula is C12H25Cl5OS3. The summed E-state index contributed by atoms with van der Waals surface area (Å²) in [4.78, 5) is 0. The second-order valence-electron chi connectivity index (χ2n) is 2.94. The summed E-state index contributed by atoms with van der Waals surface area (Å²) in [5, 5.41) is 1.79. The van der Waals surface area contributed by atoms with Crippen molar-refractivity contribution >= 4 is 92.3 Å². The molecule has 0 fully saturated rings. The lowest BCUT2D eigenvalue weighted by Crippen LogP contribution is -2.03. The fourth-order valence-electron chi connectivity index (χ4n) is 0.613. The van der Waals surface area contributed by atoms with Crippen molar-refractivity contribution in [3.63, 3.8) is 0 Å². The van der Waals surface area contributed by atoms with Crippen molar-refractivity contribution < 1.29 is 5.64 Å². The highest BCUT2D eigenvalue weighted by Gasteiger charge is 1.94. The Morgan fingerprint density at radius 3 is 1.52 bits per heavy atom. The lowest BCUT2D eigenvalue weighted by atomic mass is 10.9. The van der Waals surface area contributed by atoms with Crippen LogP contribution in [0.25, 0.3) is 0 Å². The molecule has 0 amide bonds. The van der Waals surface area contributed by atoms with Crippen LogP contribution in [0.15, 0.2) is 12.0 Å². The van der Waals surface area contributed by atoms with Crippen LogP contribution >= 0.6 is 81.5 Å². The van der Waals surface area contributed by atoms with E-state index in [1.54, 1.807) is 28.9 Å². The number of alkyl halides is 5. The third kappa shape index (κ3) is 39.1. The molecule has 0 bridgehead atoms. The molecule has 0 unspecified atom stereocenters. The summed E-state index contributed by atoms with van der Waals surface area (Å²) in [5.74, 6) is 7.27. The minimum absolute atomic E-state index is 0. The molecule has 0 aromatic carbocycles. The fraction of sp³-hybridized carbons (Fsp3) is 0.833. The lowest BCUT2D eigenvalue weighted by Gasteiger charge is -1.91. The highest BCUT2D eigenvalue weighted by Crippen LogP contribution is 2.00. The average molecular weight is 459 g/mol. The summed E-state index contributed by atoms with van der Waals surface area (Å²) >= 11 is 30.1. The third-order valence-corrected chi connectivity index (χ3v) is 6.41. The van der Waals surface area contributed by atoms with Crippen molar-refractivity contribution in [1.82, 2.24) is 0 Å². The third-order valence-electron chi connectivity index (χ3n) is 1.37. The van der Waals surface area contributed by atoms with Crippen LogP contribution in [0.2, 0.25) is 0 Å². The Balaban J connectivity index is -0.000000109. The van der Waals surface area contributed by atoms with Gasteiger partial charge in [-0.05, 0) is 5.41 Å². The molecule has 21 heavy (non-hydrogen) atoms. The van der Waals surface area contributed by atoms with Gasteiger partial charge in [0.25, 0.3) is 0 Å². The molecule has 0 heterocycles. The molecule has 0 saturated carbocycles. The van der Waals surface area contributed by atoms with E-state index in [1.807, 2.05) is 0 Å². The fourth-order valence-corrected chi connectivity index (χ4v) is 3.79. The van der Waals surface area contributed by atoms with Gasteiger partial charge in [0, 0.05) is 70.4 Å². The summed E-state index contributed by atoms with van der Waals surface area (Å²) in [6.45, 7) is 3.50. The number of hydrogen-bond donors (Lipinski definition) is 0. The first kappa shape index (κ1) is 27.9. The molecule has 0 N–H and O–H groups in total. The zero-order chi connectivity index (χ0) is 16.8. The lowest BCUT2D eigenvalue weighted by molar-refractivity contribution is 0.685. The number of halogens is 5. The van der Waals surface area contributed by atoms with Gasteiger partial charge in [0.1, 0.15) is 0 Å². The number of hydrogen-bond acceptors (Lipinski definition) is 3. The molecule has 0 atom stereocenters. The Labute approximate surface area is 167 Å². The molecule has 0 rings (SSSR count). The second-order valence-corrected chi connectivity index (χ2v) is 8.83. The smallest absolute Gasteiger partial charge is 0.0371 e. The summed E-state index contributed by atoms with van der Waals surface area (Å²) in [6.07, 6.45) is 0. The van der Waals surface area contributed by atoms with Gasteiger partial charge in [-0.2, -0.15) is 11.8 Å². The Kier molecular flexibility index (Phi) is 39.8. The minimum Gasteiger partial charge on any atom is -0.259 e. The molecule has 0 saturated heterocycles. The molecule has 0 aromatic heterocycles. The number of rotatable bonds is 11. The first-order valence-electron chi connectivity index (χ1n) is 6.09. The van der Waals surface area contributed by atoms with Crippen molar-refractivity contribution in [3.05, 3.63) is 12.0 Å². The zero-order valence-corrected chi connectivity index (χ0v) is 18.1. The van der Waals surface area contributed by atoms with Gasteiger partial charge in [0.2, 0.25) is 0 Å². The van der Waals surface area contributed by atoms with Gasteiger partial charge in [0.05, 0.1) is 0 Å². The maximum atomic E-state index is 10.6. The van der Waals surface area contributed by atoms with Gasteiger partial charge < -0.3 is 0 Å². The van der Waals surface area contributed by atoms with E-state index in [0.717, 1.165) is 34.9 Å². The van der Waals surface area contributed by atoms with Crippen LogP contribution in [0, 0.1) is 0 Å². The first-order chi connectivity index (χ1) is 10.1. The SMILES string of the molecule is C=CSCCCl.ClCCSCCCl.O=S(CCCl)CCCl.[HH]. The van der Waals surface area contributed by atoms with E-state index in [1.165, 1.54) is 0 Å². The summed E-state index contributed by atoms with van der Waals surface area (Å²) in [5.41, 5.74) is 0. The molecule has 0 aliphatic carbocycles. The first-order valence-corrected chi connectivity index (χ1v) is 12.5. The molecule has 0 aliphatic rings. The maximum absolute atomic E-state index is 10.6. The topological polar surface area (TPSA) is 17.1 Å². The van der Waals surface area contributed by atoms with Gasteiger partial charge in [0.15, 0.2) is 0 Å². The molecule has 0 radical (unpaired) electrons. The predicted octanol–water partition coefficient (Wildman–Crippen LogP) is 5.76. The molecule has 0 aromatic rings. The Morgan fingerprint density at radius 1 is 0.857 bits per heavy atom. The molecule has 132 valence electrons. The van der Waals surface area contributed by atoms with Crippen molar-refractivity contribution in [2.24, 2.45) is 0 Å². The Morgan fingerprint density at radius 2 is 1.29 bits per heavy atom. The zero-order valence-electron chi connectivity index (χ0n) is 11.9. The van der Waals surface area contributed by atoms with E-state index >= 15 is 0 Å². The van der Waals surface area contributed by atoms with Gasteiger partial charge in [-0.15, -0.1) is 69.8 Å². The van der Waals surface area contributed by atoms with Crippen LogP contribution in [0.1, 0.15) is 1.43 Å². The van der Waals surface area contributed by atoms with E-state index in [0.29, 0.717) is 23.3 Å². The van der Waals surface area contributed by atoms with Crippen molar-refractivity contribution in [1.29, 1.82) is 0 Å². The maximum Gasteiger partial charge on any atom is 0.0371 e. The van der Waals surface area contributed by atoms with Gasteiger partial charge >= 0.3 is 0 Å². The molecular weight excluding hydrogens is 434 g/mol. The second kappa shape index (κ2) is 30.0. The quantitative estimate of drug-likeness (QED) is 0.289. The Hall–Kier alpha value is 2.04. The van der Waals surface area contributed by atoms with Gasteiger partial charge in [-0.25, -0.2) is 0 Å². The van der Waals surface area contributed by atoms with Crippen LogP contribution in [0.3, 0.4) is 0 Å². The number of thioether (sulfide) groups is 2. The molecule has 0 spiro atoms. The van der Waals surface area contributed by atoms with Crippen LogP contribution in [-0.2, 0) is 10.8 Å². The summed E-state index contributed by atoms with van der Waals surface area (Å²) in [6, 6.07) is 0. The normalized spacial score (nSPS) is 9.43. The molecule has 0 aliphatic heterocycles. The average Bonchev–Trinajstić information content (AvgIpc) is 2.47. The highest BCUT2D eigenvalue weighted by molar-refractivity contribution is 8.02. The van der Waals surface area contributed by atoms with E-state index < -0.39 is 10.8 Å². The van der Waals surface area contributed by atoms with E-state index in [2.05, 4.69) is 6.58 Å². The molecule has 1 nitrogen and oxygen atoms in total. The van der Waals surface area contributed by atoms with Crippen LogP contribution in [0.5, 0.6) is 0 Å². The van der Waals surface area contributed by atoms with E-state index in [4.69, 9.17) is 58.0 Å². The minimum atomic E-state index is -0.784. The monoisotopic (exact) mass is 456 g/mol. The predicted molar refractivity (Wildman–Crippen MR) is 114 cm³/mol. The largest absolute Gasteiger partial charge is 0.259 e. The van der Waals surface area contributed by atoms with Crippen molar-refractivity contribution in [3.8, 4) is 0 Å². The molecule has 9 heteroatoms. The van der Waals surface area contributed by atoms with Crippen LogP contribution < -0.4 is 0 Å². The van der Waals surface area contributed by atoms with Crippen LogP contribution in [-0.4, -0.2) is 62.4 Å². The van der Waals surface area contributed by atoms with Crippen molar-refractivity contribution in [2.45, 2.75) is 0 Å².